The van der Waals surface area contributed by atoms with E-state index in [1.165, 1.54) is 0 Å². The molecule has 0 aliphatic carbocycles. The molecule has 34 heavy (non-hydrogen) atoms. The molecule has 0 amide bonds. The van der Waals surface area contributed by atoms with E-state index >= 15 is 0 Å². The largest absolute Gasteiger partial charge is 0.465 e. The molecule has 0 bridgehead atoms. The van der Waals surface area contributed by atoms with Gasteiger partial charge in [0.15, 0.2) is 0 Å². The predicted octanol–water partition coefficient (Wildman–Crippen LogP) is 5.80. The molecule has 4 unspecified atom stereocenters. The van der Waals surface area contributed by atoms with Gasteiger partial charge in [0.25, 0.3) is 0 Å². The third-order valence-electron chi connectivity index (χ3n) is 6.50. The number of hydrogen-bond donors (Lipinski definition) is 1. The first-order valence-electron chi connectivity index (χ1n) is 12.3. The van der Waals surface area contributed by atoms with Gasteiger partial charge in [0.05, 0.1) is 35.2 Å². The Bertz CT molecular complexity index is 829. The van der Waals surface area contributed by atoms with E-state index in [9.17, 15) is 19.5 Å². The van der Waals surface area contributed by atoms with Crippen molar-refractivity contribution < 1.29 is 24.2 Å². The fraction of sp³-hybridized carbons (Fsp3) is 0.704. The summed E-state index contributed by atoms with van der Waals surface area (Å²) in [6.07, 6.45) is 6.38. The Morgan fingerprint density at radius 2 is 1.82 bits per heavy atom. The van der Waals surface area contributed by atoms with Gasteiger partial charge in [-0.3, -0.25) is 14.4 Å². The van der Waals surface area contributed by atoms with Gasteiger partial charge in [-0.05, 0) is 38.7 Å². The lowest BCUT2D eigenvalue weighted by molar-refractivity contribution is -0.150. The number of ketones is 2. The first kappa shape index (κ1) is 30.2. The molecule has 0 radical (unpaired) electrons. The SMILES string of the molecule is C/C=C\c1csc(C)n1.CC1CCCC(C)C(=O)CCOC(=O)CC(O)C(C)(C)C(=O)C(C)C1. The normalized spacial score (nSPS) is 27.7. The third kappa shape index (κ3) is 10.2. The van der Waals surface area contributed by atoms with Gasteiger partial charge >= 0.3 is 5.97 Å². The Morgan fingerprint density at radius 1 is 1.15 bits per heavy atom. The highest BCUT2D eigenvalue weighted by Crippen LogP contribution is 2.31. The number of carbonyl (C=O) groups excluding carboxylic acids is 3. The quantitative estimate of drug-likeness (QED) is 0.497. The zero-order chi connectivity index (χ0) is 25.9. The van der Waals surface area contributed by atoms with Crippen LogP contribution in [0.1, 0.15) is 90.8 Å². The zero-order valence-electron chi connectivity index (χ0n) is 21.9. The van der Waals surface area contributed by atoms with Gasteiger partial charge in [0.1, 0.15) is 11.6 Å². The molecule has 1 fully saturated rings. The highest BCUT2D eigenvalue weighted by Gasteiger charge is 2.39. The van der Waals surface area contributed by atoms with Gasteiger partial charge in [-0.15, -0.1) is 11.3 Å². The van der Waals surface area contributed by atoms with Crippen LogP contribution in [0, 0.1) is 30.1 Å². The van der Waals surface area contributed by atoms with Crippen LogP contribution in [0.5, 0.6) is 0 Å². The number of aliphatic hydroxyl groups is 1. The highest BCUT2D eigenvalue weighted by molar-refractivity contribution is 7.09. The van der Waals surface area contributed by atoms with Crippen molar-refractivity contribution in [1.29, 1.82) is 0 Å². The van der Waals surface area contributed by atoms with E-state index in [4.69, 9.17) is 4.74 Å². The Morgan fingerprint density at radius 3 is 2.41 bits per heavy atom. The molecule has 1 aliphatic heterocycles. The first-order chi connectivity index (χ1) is 15.9. The number of Topliss-reactive ketones (excluding diaryl/α,β-unsaturated/α-hetero) is 2. The monoisotopic (exact) mass is 493 g/mol. The van der Waals surface area contributed by atoms with Crippen molar-refractivity contribution in [3.05, 3.63) is 22.2 Å². The number of thiazole rings is 1. The number of nitrogens with zero attached hydrogens (tertiary/aromatic N) is 1. The van der Waals surface area contributed by atoms with E-state index in [1.54, 1.807) is 25.2 Å². The van der Waals surface area contributed by atoms with E-state index in [-0.39, 0.29) is 42.9 Å². The topological polar surface area (TPSA) is 93.6 Å². The number of esters is 1. The van der Waals surface area contributed by atoms with Crippen LogP contribution < -0.4 is 0 Å². The minimum absolute atomic E-state index is 0.0183. The Hall–Kier alpha value is -1.86. The average molecular weight is 494 g/mol. The molecule has 192 valence electrons. The smallest absolute Gasteiger partial charge is 0.308 e. The molecule has 2 heterocycles. The van der Waals surface area contributed by atoms with E-state index < -0.39 is 17.5 Å². The minimum atomic E-state index is -1.09. The molecule has 4 atom stereocenters. The summed E-state index contributed by atoms with van der Waals surface area (Å²) in [5, 5.41) is 13.6. The summed E-state index contributed by atoms with van der Waals surface area (Å²) in [5.74, 6) is -0.314. The van der Waals surface area contributed by atoms with Crippen LogP contribution in [-0.2, 0) is 19.1 Å². The van der Waals surface area contributed by atoms with Crippen LogP contribution >= 0.6 is 11.3 Å². The standard InChI is InChI=1S/C20H34O5.C7H9NS/c1-13-7-6-8-14(2)16(21)9-10-25-18(23)12-17(22)20(4,5)19(24)15(3)11-13;1-3-4-7-5-9-6(2)8-7/h13-15,17,22H,6-12H2,1-5H3;3-5H,1-2H3/b;4-3-. The third-order valence-corrected chi connectivity index (χ3v) is 7.29. The van der Waals surface area contributed by atoms with Crippen LogP contribution in [0.25, 0.3) is 6.08 Å². The molecule has 6 nitrogen and oxygen atoms in total. The Labute approximate surface area is 209 Å². The first-order valence-corrected chi connectivity index (χ1v) is 13.2. The minimum Gasteiger partial charge on any atom is -0.465 e. The molecular formula is C27H43NO5S. The van der Waals surface area contributed by atoms with Crippen molar-refractivity contribution in [2.45, 2.75) is 93.1 Å². The summed E-state index contributed by atoms with van der Waals surface area (Å²) in [7, 11) is 0. The van der Waals surface area contributed by atoms with Crippen LogP contribution in [0.3, 0.4) is 0 Å². The van der Waals surface area contributed by atoms with Crippen LogP contribution in [0.2, 0.25) is 0 Å². The fourth-order valence-electron chi connectivity index (χ4n) is 4.17. The van der Waals surface area contributed by atoms with Crippen LogP contribution in [-0.4, -0.2) is 40.3 Å². The molecule has 0 aromatic carbocycles. The number of hydrogen-bond acceptors (Lipinski definition) is 7. The van der Waals surface area contributed by atoms with E-state index in [2.05, 4.69) is 17.3 Å². The molecular weight excluding hydrogens is 450 g/mol. The second kappa shape index (κ2) is 14.5. The maximum Gasteiger partial charge on any atom is 0.308 e. The van der Waals surface area contributed by atoms with E-state index in [0.29, 0.717) is 5.92 Å². The second-order valence-electron chi connectivity index (χ2n) is 10.1. The predicted molar refractivity (Wildman–Crippen MR) is 138 cm³/mol. The summed E-state index contributed by atoms with van der Waals surface area (Å²) >= 11 is 1.68. The van der Waals surface area contributed by atoms with Crippen molar-refractivity contribution in [1.82, 2.24) is 4.98 Å². The number of rotatable bonds is 1. The number of aromatic nitrogens is 1. The zero-order valence-corrected chi connectivity index (χ0v) is 22.7. The lowest BCUT2D eigenvalue weighted by Gasteiger charge is -2.32. The molecule has 0 saturated carbocycles. The van der Waals surface area contributed by atoms with Crippen molar-refractivity contribution >= 4 is 34.9 Å². The van der Waals surface area contributed by atoms with Crippen molar-refractivity contribution in [2.24, 2.45) is 23.2 Å². The van der Waals surface area contributed by atoms with Crippen LogP contribution in [0.4, 0.5) is 0 Å². The highest BCUT2D eigenvalue weighted by atomic mass is 32.1. The fourth-order valence-corrected chi connectivity index (χ4v) is 4.75. The molecule has 2 rings (SSSR count). The van der Waals surface area contributed by atoms with Gasteiger partial charge in [-0.2, -0.15) is 0 Å². The summed E-state index contributed by atoms with van der Waals surface area (Å²) in [6.45, 7) is 13.3. The lowest BCUT2D eigenvalue weighted by atomic mass is 9.74. The summed E-state index contributed by atoms with van der Waals surface area (Å²) in [6, 6.07) is 0. The number of aryl methyl sites for hydroxylation is 1. The maximum absolute atomic E-state index is 12.8. The number of carbonyl (C=O) groups is 3. The van der Waals surface area contributed by atoms with E-state index in [0.717, 1.165) is 36.4 Å². The van der Waals surface area contributed by atoms with Gasteiger partial charge in [-0.1, -0.05) is 53.5 Å². The molecule has 7 heteroatoms. The van der Waals surface area contributed by atoms with Crippen molar-refractivity contribution in [3.8, 4) is 0 Å². The average Bonchev–Trinajstić information content (AvgIpc) is 3.17. The maximum atomic E-state index is 12.8. The van der Waals surface area contributed by atoms with Gasteiger partial charge in [0.2, 0.25) is 0 Å². The van der Waals surface area contributed by atoms with E-state index in [1.807, 2.05) is 39.8 Å². The molecule has 1 aromatic heterocycles. The second-order valence-corrected chi connectivity index (χ2v) is 11.2. The Balaban J connectivity index is 0.000000533. The molecule has 1 aliphatic rings. The van der Waals surface area contributed by atoms with Crippen molar-refractivity contribution in [2.75, 3.05) is 6.61 Å². The number of allylic oxidation sites excluding steroid dienone is 1. The Kier molecular flexibility index (Phi) is 12.9. The molecule has 1 aromatic rings. The van der Waals surface area contributed by atoms with Crippen molar-refractivity contribution in [3.63, 3.8) is 0 Å². The molecule has 1 N–H and O–H groups in total. The molecule has 0 spiro atoms. The van der Waals surface area contributed by atoms with Gasteiger partial charge in [0, 0.05) is 23.6 Å². The lowest BCUT2D eigenvalue weighted by Crippen LogP contribution is -2.42. The van der Waals surface area contributed by atoms with Crippen LogP contribution in [0.15, 0.2) is 11.5 Å². The summed E-state index contributed by atoms with van der Waals surface area (Å²) in [4.78, 5) is 41.0. The molecule has 1 saturated heterocycles. The van der Waals surface area contributed by atoms with Gasteiger partial charge < -0.3 is 9.84 Å². The number of aliphatic hydroxyl groups excluding tert-OH is 1. The summed E-state index contributed by atoms with van der Waals surface area (Å²) in [5.41, 5.74) is 0.0690. The number of ether oxygens (including phenoxy) is 1. The summed E-state index contributed by atoms with van der Waals surface area (Å²) < 4.78 is 5.07. The van der Waals surface area contributed by atoms with Gasteiger partial charge in [-0.25, -0.2) is 4.98 Å². The number of cyclic esters (lactones) is 1.